The highest BCUT2D eigenvalue weighted by molar-refractivity contribution is 7.91. The molecule has 0 aromatic carbocycles. The number of aliphatic hydroxyl groups is 1. The molecule has 1 aliphatic heterocycles. The third-order valence-corrected chi connectivity index (χ3v) is 6.82. The third kappa shape index (κ3) is 3.01. The number of nitro groups is 1. The maximum atomic E-state index is 12.6. The monoisotopic (exact) mass is 336 g/mol. The lowest BCUT2D eigenvalue weighted by Crippen LogP contribution is -2.45. The van der Waals surface area contributed by atoms with Gasteiger partial charge in [-0.05, 0) is 12.8 Å². The molecule has 1 fully saturated rings. The van der Waals surface area contributed by atoms with Gasteiger partial charge in [-0.15, -0.1) is 0 Å². The summed E-state index contributed by atoms with van der Waals surface area (Å²) in [6, 6.07) is 0.511. The molecule has 0 aliphatic carbocycles. The van der Waals surface area contributed by atoms with Gasteiger partial charge in [0.1, 0.15) is 4.21 Å². The fourth-order valence-electron chi connectivity index (χ4n) is 2.31. The molecule has 0 radical (unpaired) electrons. The van der Waals surface area contributed by atoms with Gasteiger partial charge in [0.25, 0.3) is 10.0 Å². The van der Waals surface area contributed by atoms with Crippen LogP contribution >= 0.6 is 11.3 Å². The van der Waals surface area contributed by atoms with Crippen LogP contribution in [0.1, 0.15) is 19.3 Å². The molecular formula is C10H16N4O5S2. The molecule has 2 heterocycles. The van der Waals surface area contributed by atoms with Crippen molar-refractivity contribution in [2.24, 2.45) is 5.84 Å². The van der Waals surface area contributed by atoms with Crippen LogP contribution in [-0.2, 0) is 10.0 Å². The highest BCUT2D eigenvalue weighted by Crippen LogP contribution is 2.38. The van der Waals surface area contributed by atoms with Crippen LogP contribution in [0.25, 0.3) is 0 Å². The predicted octanol–water partition coefficient (Wildman–Crippen LogP) is 0.477. The summed E-state index contributed by atoms with van der Waals surface area (Å²) in [6.45, 7) is 0.0271. The molecular weight excluding hydrogens is 320 g/mol. The molecule has 118 valence electrons. The van der Waals surface area contributed by atoms with Gasteiger partial charge in [0.15, 0.2) is 5.00 Å². The van der Waals surface area contributed by atoms with Crippen molar-refractivity contribution in [3.63, 3.8) is 0 Å². The fourth-order valence-corrected chi connectivity index (χ4v) is 5.37. The number of thiophene rings is 1. The number of nitrogens with zero attached hydrogens (tertiary/aromatic N) is 2. The lowest BCUT2D eigenvalue weighted by atomic mass is 10.1. The van der Waals surface area contributed by atoms with Gasteiger partial charge in [0.05, 0.1) is 11.5 Å². The summed E-state index contributed by atoms with van der Waals surface area (Å²) in [5.74, 6) is 5.18. The second-order valence-corrected chi connectivity index (χ2v) is 7.80. The Hall–Kier alpha value is -1.27. The number of hydrazine groups is 1. The molecule has 0 saturated carbocycles. The third-order valence-electron chi connectivity index (χ3n) is 3.36. The van der Waals surface area contributed by atoms with E-state index in [0.29, 0.717) is 30.7 Å². The zero-order chi connectivity index (χ0) is 15.6. The van der Waals surface area contributed by atoms with Crippen LogP contribution in [0.2, 0.25) is 0 Å². The second kappa shape index (κ2) is 6.23. The van der Waals surface area contributed by atoms with Crippen molar-refractivity contribution in [3.8, 4) is 0 Å². The first-order valence-corrected chi connectivity index (χ1v) is 8.55. The van der Waals surface area contributed by atoms with Crippen molar-refractivity contribution in [3.05, 3.63) is 16.2 Å². The van der Waals surface area contributed by atoms with E-state index in [1.165, 1.54) is 4.31 Å². The molecule has 0 spiro atoms. The quantitative estimate of drug-likeness (QED) is 0.403. The van der Waals surface area contributed by atoms with E-state index in [0.717, 1.165) is 12.5 Å². The summed E-state index contributed by atoms with van der Waals surface area (Å²) in [5.41, 5.74) is 1.77. The first-order valence-electron chi connectivity index (χ1n) is 6.29. The minimum Gasteiger partial charge on any atom is -0.395 e. The number of piperidine rings is 1. The van der Waals surface area contributed by atoms with E-state index >= 15 is 0 Å². The van der Waals surface area contributed by atoms with E-state index in [4.69, 9.17) is 5.84 Å². The standard InChI is InChI=1S/C10H16N4O5S2/c11-12-10-8(14(16)17)5-9(20-10)21(18,19)13-4-2-1-3-7(13)6-15/h5,7,12,15H,1-4,6,11H2. The topological polar surface area (TPSA) is 139 Å². The molecule has 9 nitrogen and oxygen atoms in total. The Morgan fingerprint density at radius 3 is 2.81 bits per heavy atom. The Kier molecular flexibility index (Phi) is 4.78. The Morgan fingerprint density at radius 2 is 2.29 bits per heavy atom. The Labute approximate surface area is 125 Å². The highest BCUT2D eigenvalue weighted by atomic mass is 32.2. The smallest absolute Gasteiger partial charge is 0.306 e. The lowest BCUT2D eigenvalue weighted by molar-refractivity contribution is -0.383. The molecule has 1 saturated heterocycles. The maximum absolute atomic E-state index is 12.6. The van der Waals surface area contributed by atoms with Gasteiger partial charge in [-0.3, -0.25) is 10.1 Å². The van der Waals surface area contributed by atoms with Crippen LogP contribution in [0, 0.1) is 10.1 Å². The molecule has 1 aromatic heterocycles. The number of rotatable bonds is 5. The molecule has 1 atom stereocenters. The second-order valence-electron chi connectivity index (χ2n) is 4.63. The molecule has 1 aliphatic rings. The minimum atomic E-state index is -3.88. The van der Waals surface area contributed by atoms with Crippen LogP contribution in [0.4, 0.5) is 10.7 Å². The molecule has 2 rings (SSSR count). The van der Waals surface area contributed by atoms with Gasteiger partial charge in [0, 0.05) is 18.7 Å². The van der Waals surface area contributed by atoms with Crippen molar-refractivity contribution < 1.29 is 18.4 Å². The van der Waals surface area contributed by atoms with Gasteiger partial charge in [-0.2, -0.15) is 4.31 Å². The first kappa shape index (κ1) is 16.1. The van der Waals surface area contributed by atoms with Crippen LogP contribution in [0.15, 0.2) is 10.3 Å². The number of nitrogens with one attached hydrogen (secondary N) is 1. The van der Waals surface area contributed by atoms with E-state index in [1.807, 2.05) is 0 Å². The molecule has 0 bridgehead atoms. The summed E-state index contributed by atoms with van der Waals surface area (Å²) in [4.78, 5) is 10.2. The zero-order valence-corrected chi connectivity index (χ0v) is 12.7. The van der Waals surface area contributed by atoms with Crippen LogP contribution in [-0.4, -0.2) is 41.9 Å². The highest BCUT2D eigenvalue weighted by Gasteiger charge is 2.36. The lowest BCUT2D eigenvalue weighted by Gasteiger charge is -2.32. The molecule has 4 N–H and O–H groups in total. The number of sulfonamides is 1. The van der Waals surface area contributed by atoms with Crippen LogP contribution in [0.5, 0.6) is 0 Å². The summed E-state index contributed by atoms with van der Waals surface area (Å²) >= 11 is 0.712. The van der Waals surface area contributed by atoms with E-state index in [-0.39, 0.29) is 21.5 Å². The Balaban J connectivity index is 2.41. The van der Waals surface area contributed by atoms with Crippen molar-refractivity contribution in [2.45, 2.75) is 29.5 Å². The zero-order valence-electron chi connectivity index (χ0n) is 11.1. The van der Waals surface area contributed by atoms with Gasteiger partial charge < -0.3 is 10.5 Å². The van der Waals surface area contributed by atoms with Crippen LogP contribution in [0.3, 0.4) is 0 Å². The van der Waals surface area contributed by atoms with Crippen molar-refractivity contribution in [1.29, 1.82) is 0 Å². The number of aliphatic hydroxyl groups excluding tert-OH is 1. The first-order chi connectivity index (χ1) is 9.91. The fraction of sp³-hybridized carbons (Fsp3) is 0.600. The number of hydrogen-bond acceptors (Lipinski definition) is 8. The van der Waals surface area contributed by atoms with Gasteiger partial charge >= 0.3 is 5.69 Å². The predicted molar refractivity (Wildman–Crippen MR) is 77.4 cm³/mol. The number of anilines is 1. The van der Waals surface area contributed by atoms with Gasteiger partial charge in [-0.25, -0.2) is 14.3 Å². The van der Waals surface area contributed by atoms with Crippen molar-refractivity contribution in [1.82, 2.24) is 4.31 Å². The summed E-state index contributed by atoms with van der Waals surface area (Å²) in [5, 5.41) is 20.2. The van der Waals surface area contributed by atoms with E-state index in [1.54, 1.807) is 0 Å². The molecule has 21 heavy (non-hydrogen) atoms. The maximum Gasteiger partial charge on any atom is 0.306 e. The van der Waals surface area contributed by atoms with E-state index in [2.05, 4.69) is 5.43 Å². The van der Waals surface area contributed by atoms with Gasteiger partial charge in [0.2, 0.25) is 0 Å². The van der Waals surface area contributed by atoms with E-state index in [9.17, 15) is 23.6 Å². The van der Waals surface area contributed by atoms with Crippen LogP contribution < -0.4 is 11.3 Å². The summed E-state index contributed by atoms with van der Waals surface area (Å²) in [6.07, 6.45) is 2.12. The van der Waals surface area contributed by atoms with Crippen molar-refractivity contribution in [2.75, 3.05) is 18.6 Å². The largest absolute Gasteiger partial charge is 0.395 e. The molecule has 1 aromatic rings. The molecule has 11 heteroatoms. The Morgan fingerprint density at radius 1 is 1.57 bits per heavy atom. The normalized spacial score (nSPS) is 20.4. The summed E-state index contributed by atoms with van der Waals surface area (Å²) < 4.78 is 26.3. The molecule has 1 unspecified atom stereocenters. The minimum absolute atomic E-state index is 0.0175. The number of nitrogens with two attached hydrogens (primary N) is 1. The number of hydrogen-bond donors (Lipinski definition) is 3. The van der Waals surface area contributed by atoms with Gasteiger partial charge in [-0.1, -0.05) is 17.8 Å². The Bertz CT molecular complexity index is 629. The average Bonchev–Trinajstić information content (AvgIpc) is 2.92. The van der Waals surface area contributed by atoms with E-state index < -0.39 is 21.0 Å². The average molecular weight is 336 g/mol. The number of nitrogen functional groups attached to an aromatic ring is 1. The summed E-state index contributed by atoms with van der Waals surface area (Å²) in [7, 11) is -3.88. The SMILES string of the molecule is NNc1sc(S(=O)(=O)N2CCCCC2CO)cc1[N+](=O)[O-]. The van der Waals surface area contributed by atoms with Crippen molar-refractivity contribution >= 4 is 32.0 Å². The molecule has 0 amide bonds.